The van der Waals surface area contributed by atoms with Crippen LogP contribution in [0.1, 0.15) is 5.56 Å². The lowest BCUT2D eigenvalue weighted by Gasteiger charge is -2.19. The largest absolute Gasteiger partial charge is 0.352 e. The Morgan fingerprint density at radius 3 is 2.63 bits per heavy atom. The van der Waals surface area contributed by atoms with Crippen molar-refractivity contribution in [2.45, 2.75) is 13.5 Å². The topological polar surface area (TPSA) is 112 Å². The maximum Gasteiger partial charge on any atom is 0.278 e. The first-order chi connectivity index (χ1) is 16.6. The number of rotatable bonds is 6. The van der Waals surface area contributed by atoms with Crippen molar-refractivity contribution < 1.29 is 9.31 Å². The van der Waals surface area contributed by atoms with Gasteiger partial charge in [-0.15, -0.1) is 6.58 Å². The van der Waals surface area contributed by atoms with Gasteiger partial charge in [0.1, 0.15) is 11.5 Å². The zero-order chi connectivity index (χ0) is 25.4. The summed E-state index contributed by atoms with van der Waals surface area (Å²) in [4.78, 5) is 37.5. The molecule has 0 saturated carbocycles. The molecule has 0 saturated heterocycles. The average molecular weight is 587 g/mol. The van der Waals surface area contributed by atoms with Crippen LogP contribution in [0.5, 0.6) is 0 Å². The highest BCUT2D eigenvalue weighted by Gasteiger charge is 2.23. The van der Waals surface area contributed by atoms with Gasteiger partial charge >= 0.3 is 0 Å². The van der Waals surface area contributed by atoms with Crippen LogP contribution >= 0.6 is 22.6 Å². The summed E-state index contributed by atoms with van der Waals surface area (Å²) < 4.78 is 17.8. The van der Waals surface area contributed by atoms with Crippen molar-refractivity contribution in [3.8, 4) is 11.3 Å². The molecule has 0 atom stereocenters. The molecule has 0 radical (unpaired) electrons. The van der Waals surface area contributed by atoms with E-state index in [9.17, 15) is 24.1 Å². The monoisotopic (exact) mass is 587 g/mol. The van der Waals surface area contributed by atoms with Crippen molar-refractivity contribution >= 4 is 50.6 Å². The molecule has 4 aromatic rings. The molecule has 0 fully saturated rings. The van der Waals surface area contributed by atoms with Gasteiger partial charge in [0.15, 0.2) is 0 Å². The van der Waals surface area contributed by atoms with Crippen molar-refractivity contribution in [2.24, 2.45) is 7.05 Å². The quantitative estimate of drug-likeness (QED) is 0.152. The number of halogens is 2. The number of pyridine rings is 1. The summed E-state index contributed by atoms with van der Waals surface area (Å²) in [6, 6.07) is 10.3. The Morgan fingerprint density at radius 2 is 1.97 bits per heavy atom. The first-order valence-electron chi connectivity index (χ1n) is 10.4. The highest BCUT2D eigenvalue weighted by molar-refractivity contribution is 14.1. The predicted octanol–water partition coefficient (Wildman–Crippen LogP) is 4.65. The lowest BCUT2D eigenvalue weighted by Crippen LogP contribution is -2.30. The van der Waals surface area contributed by atoms with Gasteiger partial charge in [0.25, 0.3) is 16.8 Å². The van der Waals surface area contributed by atoms with Crippen molar-refractivity contribution in [2.75, 3.05) is 5.32 Å². The maximum absolute atomic E-state index is 14.7. The number of nitro groups is 1. The molecule has 0 amide bonds. The number of nitrogens with zero attached hydrogens (tertiary/aromatic N) is 4. The number of allylic oxidation sites excluding steroid dienone is 1. The second-order valence-corrected chi connectivity index (χ2v) is 9.01. The van der Waals surface area contributed by atoms with Crippen LogP contribution < -0.4 is 16.4 Å². The summed E-state index contributed by atoms with van der Waals surface area (Å²) in [6.07, 6.45) is 1.48. The Hall–Kier alpha value is -3.87. The Morgan fingerprint density at radius 1 is 1.23 bits per heavy atom. The number of non-ortho nitro benzene ring substituents is 1. The molecule has 35 heavy (non-hydrogen) atoms. The summed E-state index contributed by atoms with van der Waals surface area (Å²) in [5.41, 5.74) is 0.00253. The first-order valence-corrected chi connectivity index (χ1v) is 11.4. The van der Waals surface area contributed by atoms with E-state index in [4.69, 9.17) is 0 Å². The molecule has 9 nitrogen and oxygen atoms in total. The van der Waals surface area contributed by atoms with Gasteiger partial charge < -0.3 is 9.88 Å². The number of nitrogens with one attached hydrogen (secondary N) is 1. The van der Waals surface area contributed by atoms with E-state index in [-0.39, 0.29) is 45.8 Å². The SMILES string of the molecule is C=CCn1nc(-c2cccc([N+](=O)[O-])c2)c2c(c(Nc3ccc(I)cc3F)c(C)c(=O)n2C)c1=O. The molecule has 2 aromatic carbocycles. The van der Waals surface area contributed by atoms with E-state index in [2.05, 4.69) is 17.0 Å². The third-order valence-corrected chi connectivity index (χ3v) is 6.21. The second-order valence-electron chi connectivity index (χ2n) is 7.77. The minimum Gasteiger partial charge on any atom is -0.352 e. The molecule has 0 aliphatic rings. The minimum absolute atomic E-state index is 0.0515. The highest BCUT2D eigenvalue weighted by Crippen LogP contribution is 2.33. The minimum atomic E-state index is -0.551. The predicted molar refractivity (Wildman–Crippen MR) is 141 cm³/mol. The number of anilines is 2. The van der Waals surface area contributed by atoms with Crippen LogP contribution in [0.3, 0.4) is 0 Å². The molecular formula is C24H19FIN5O4. The van der Waals surface area contributed by atoms with Gasteiger partial charge in [-0.05, 0) is 47.7 Å². The zero-order valence-electron chi connectivity index (χ0n) is 18.7. The fourth-order valence-electron chi connectivity index (χ4n) is 3.85. The molecule has 4 rings (SSSR count). The van der Waals surface area contributed by atoms with E-state index >= 15 is 0 Å². The molecule has 0 bridgehead atoms. The molecule has 0 aliphatic heterocycles. The number of hydrogen-bond donors (Lipinski definition) is 1. The van der Waals surface area contributed by atoms with E-state index < -0.39 is 21.9 Å². The summed E-state index contributed by atoms with van der Waals surface area (Å²) >= 11 is 1.98. The van der Waals surface area contributed by atoms with Gasteiger partial charge in [0, 0.05) is 33.9 Å². The van der Waals surface area contributed by atoms with Gasteiger partial charge in [0.05, 0.1) is 33.7 Å². The Kier molecular flexibility index (Phi) is 6.52. The van der Waals surface area contributed by atoms with Gasteiger partial charge in [-0.25, -0.2) is 9.07 Å². The van der Waals surface area contributed by atoms with Crippen molar-refractivity contribution in [3.63, 3.8) is 0 Å². The number of nitro benzene ring substituents is 1. The van der Waals surface area contributed by atoms with E-state index in [1.165, 1.54) is 48.0 Å². The third-order valence-electron chi connectivity index (χ3n) is 5.54. The summed E-state index contributed by atoms with van der Waals surface area (Å²) in [6.45, 7) is 5.26. The standard InChI is InChI=1S/C24H19FIN5O4/c1-4-10-30-24(33)19-20(27-18-9-8-15(26)12-17(18)25)13(2)23(32)29(3)22(19)21(28-30)14-6-5-7-16(11-14)31(34)35/h4-9,11-12,27H,1,10H2,2-3H3. The van der Waals surface area contributed by atoms with Crippen LogP contribution in [0, 0.1) is 26.4 Å². The van der Waals surface area contributed by atoms with E-state index in [1.807, 2.05) is 22.6 Å². The Balaban J connectivity index is 2.15. The normalized spacial score (nSPS) is 11.0. The number of hydrogen-bond acceptors (Lipinski definition) is 6. The molecule has 0 unspecified atom stereocenters. The Bertz CT molecular complexity index is 1640. The molecule has 0 spiro atoms. The molecule has 178 valence electrons. The van der Waals surface area contributed by atoms with Crippen LogP contribution in [0.2, 0.25) is 0 Å². The van der Waals surface area contributed by atoms with Gasteiger partial charge in [-0.2, -0.15) is 5.10 Å². The van der Waals surface area contributed by atoms with Crippen molar-refractivity contribution in [1.82, 2.24) is 14.3 Å². The summed E-state index contributed by atoms with van der Waals surface area (Å²) in [7, 11) is 1.49. The van der Waals surface area contributed by atoms with Crippen molar-refractivity contribution in [1.29, 1.82) is 0 Å². The second kappa shape index (κ2) is 9.41. The smallest absolute Gasteiger partial charge is 0.278 e. The van der Waals surface area contributed by atoms with Crippen LogP contribution in [0.25, 0.3) is 22.2 Å². The van der Waals surface area contributed by atoms with E-state index in [0.29, 0.717) is 9.13 Å². The molecule has 0 aliphatic carbocycles. The van der Waals surface area contributed by atoms with Crippen molar-refractivity contribution in [3.05, 3.63) is 101 Å². The highest BCUT2D eigenvalue weighted by atomic mass is 127. The third kappa shape index (κ3) is 4.34. The average Bonchev–Trinajstić information content (AvgIpc) is 2.83. The lowest BCUT2D eigenvalue weighted by atomic mass is 10.0. The van der Waals surface area contributed by atoms with Gasteiger partial charge in [0.2, 0.25) is 0 Å². The molecule has 1 N–H and O–H groups in total. The number of aromatic nitrogens is 3. The maximum atomic E-state index is 14.7. The Labute approximate surface area is 211 Å². The van der Waals surface area contributed by atoms with E-state index in [0.717, 1.165) is 4.68 Å². The lowest BCUT2D eigenvalue weighted by molar-refractivity contribution is -0.384. The summed E-state index contributed by atoms with van der Waals surface area (Å²) in [5.74, 6) is -0.551. The molecular weight excluding hydrogens is 568 g/mol. The van der Waals surface area contributed by atoms with Crippen LogP contribution in [0.15, 0.2) is 64.7 Å². The van der Waals surface area contributed by atoms with Crippen LogP contribution in [-0.4, -0.2) is 19.3 Å². The first kappa shape index (κ1) is 24.3. The summed E-state index contributed by atoms with van der Waals surface area (Å²) in [5, 5.41) is 18.8. The number of fused-ring (bicyclic) bond motifs is 1. The van der Waals surface area contributed by atoms with Gasteiger partial charge in [-0.3, -0.25) is 19.7 Å². The van der Waals surface area contributed by atoms with E-state index in [1.54, 1.807) is 19.1 Å². The number of aryl methyl sites for hydroxylation is 1. The number of benzene rings is 2. The fourth-order valence-corrected chi connectivity index (χ4v) is 4.30. The van der Waals surface area contributed by atoms with Crippen LogP contribution in [-0.2, 0) is 13.6 Å². The molecule has 2 heterocycles. The molecule has 11 heteroatoms. The molecule has 2 aromatic heterocycles. The zero-order valence-corrected chi connectivity index (χ0v) is 20.9. The fraction of sp³-hybridized carbons (Fsp3) is 0.125. The van der Waals surface area contributed by atoms with Gasteiger partial charge in [-0.1, -0.05) is 18.2 Å². The van der Waals surface area contributed by atoms with Crippen LogP contribution in [0.4, 0.5) is 21.5 Å².